The zero-order valence-corrected chi connectivity index (χ0v) is 19.3. The van der Waals surface area contributed by atoms with E-state index in [2.05, 4.69) is 43.2 Å². The van der Waals surface area contributed by atoms with Crippen molar-refractivity contribution < 1.29 is 9.90 Å². The number of thiazole rings is 1. The van der Waals surface area contributed by atoms with Crippen LogP contribution in [0.1, 0.15) is 34.0 Å². The van der Waals surface area contributed by atoms with Crippen LogP contribution in [0.25, 0.3) is 21.0 Å². The number of hydrogen-bond donors (Lipinski definition) is 2. The summed E-state index contributed by atoms with van der Waals surface area (Å²) in [4.78, 5) is 25.6. The number of rotatable bonds is 7. The van der Waals surface area contributed by atoms with E-state index in [4.69, 9.17) is 4.98 Å². The maximum Gasteiger partial charge on any atom is 0.339 e. The molecule has 4 aromatic heterocycles. The van der Waals surface area contributed by atoms with E-state index in [1.54, 1.807) is 46.3 Å². The monoisotopic (exact) mass is 455 g/mol. The Morgan fingerprint density at radius 3 is 2.67 bits per heavy atom. The van der Waals surface area contributed by atoms with Gasteiger partial charge >= 0.3 is 5.97 Å². The van der Waals surface area contributed by atoms with E-state index in [0.717, 1.165) is 27.4 Å². The standard InChI is InChI=1S/C22H21N3O2S3/c1-12(2)9-18-19(17-7-6-13(3)29-17)24-22(30-18)25-20-15(21(26)27)10-14(11-23-20)16-5-4-8-28-16/h4-8,10-12H,9H2,1-3H3,(H,26,27)(H,23,24,25). The number of carbonyl (C=O) groups is 1. The molecule has 0 fully saturated rings. The quantitative estimate of drug-likeness (QED) is 0.315. The van der Waals surface area contributed by atoms with Crippen LogP contribution >= 0.6 is 34.0 Å². The molecule has 0 radical (unpaired) electrons. The van der Waals surface area contributed by atoms with Gasteiger partial charge in [-0.3, -0.25) is 0 Å². The fourth-order valence-corrected chi connectivity index (χ4v) is 5.92. The molecule has 0 aliphatic heterocycles. The molecule has 154 valence electrons. The number of pyridine rings is 1. The second-order valence-corrected chi connectivity index (χ2v) is 10.6. The molecule has 2 N–H and O–H groups in total. The van der Waals surface area contributed by atoms with Crippen LogP contribution in [0, 0.1) is 12.8 Å². The van der Waals surface area contributed by atoms with Gasteiger partial charge in [0.2, 0.25) is 0 Å². The van der Waals surface area contributed by atoms with Gasteiger partial charge in [0.15, 0.2) is 5.13 Å². The third-order valence-corrected chi connectivity index (χ3v) is 7.33. The van der Waals surface area contributed by atoms with E-state index in [1.807, 2.05) is 17.5 Å². The lowest BCUT2D eigenvalue weighted by Crippen LogP contribution is -2.05. The highest BCUT2D eigenvalue weighted by molar-refractivity contribution is 7.18. The summed E-state index contributed by atoms with van der Waals surface area (Å²) in [5.41, 5.74) is 1.90. The summed E-state index contributed by atoms with van der Waals surface area (Å²) in [7, 11) is 0. The van der Waals surface area contributed by atoms with Crippen LogP contribution in [0.2, 0.25) is 0 Å². The summed E-state index contributed by atoms with van der Waals surface area (Å²) >= 11 is 4.84. The minimum Gasteiger partial charge on any atom is -0.478 e. The van der Waals surface area contributed by atoms with Crippen molar-refractivity contribution >= 4 is 50.9 Å². The number of aryl methyl sites for hydroxylation is 1. The van der Waals surface area contributed by atoms with Crippen LogP contribution in [-0.2, 0) is 6.42 Å². The third kappa shape index (κ3) is 4.45. The van der Waals surface area contributed by atoms with Crippen LogP contribution < -0.4 is 5.32 Å². The zero-order chi connectivity index (χ0) is 21.3. The van der Waals surface area contributed by atoms with Crippen LogP contribution in [0.3, 0.4) is 0 Å². The highest BCUT2D eigenvalue weighted by Gasteiger charge is 2.19. The van der Waals surface area contributed by atoms with Crippen molar-refractivity contribution in [3.05, 3.63) is 57.2 Å². The highest BCUT2D eigenvalue weighted by atomic mass is 32.1. The Bertz CT molecular complexity index is 1180. The van der Waals surface area contributed by atoms with Crippen molar-refractivity contribution in [1.82, 2.24) is 9.97 Å². The van der Waals surface area contributed by atoms with Crippen molar-refractivity contribution in [2.75, 3.05) is 5.32 Å². The van der Waals surface area contributed by atoms with Crippen molar-refractivity contribution in [2.45, 2.75) is 27.2 Å². The van der Waals surface area contributed by atoms with Gasteiger partial charge in [0.25, 0.3) is 0 Å². The van der Waals surface area contributed by atoms with Gasteiger partial charge < -0.3 is 10.4 Å². The van der Waals surface area contributed by atoms with E-state index < -0.39 is 5.97 Å². The van der Waals surface area contributed by atoms with E-state index in [1.165, 1.54) is 9.75 Å². The van der Waals surface area contributed by atoms with Crippen LogP contribution in [0.5, 0.6) is 0 Å². The average Bonchev–Trinajstić information content (AvgIpc) is 3.43. The van der Waals surface area contributed by atoms with Gasteiger partial charge in [-0.2, -0.15) is 0 Å². The fourth-order valence-electron chi connectivity index (χ4n) is 3.07. The van der Waals surface area contributed by atoms with Gasteiger partial charge in [-0.1, -0.05) is 19.9 Å². The van der Waals surface area contributed by atoms with Crippen molar-refractivity contribution in [3.63, 3.8) is 0 Å². The van der Waals surface area contributed by atoms with Gasteiger partial charge in [-0.05, 0) is 48.9 Å². The first kappa shape index (κ1) is 20.7. The summed E-state index contributed by atoms with van der Waals surface area (Å²) in [5, 5.41) is 15.5. The first-order valence-electron chi connectivity index (χ1n) is 9.51. The van der Waals surface area contributed by atoms with Crippen molar-refractivity contribution in [2.24, 2.45) is 5.92 Å². The zero-order valence-electron chi connectivity index (χ0n) is 16.8. The molecule has 4 aromatic rings. The van der Waals surface area contributed by atoms with Crippen molar-refractivity contribution in [1.29, 1.82) is 0 Å². The van der Waals surface area contributed by atoms with Gasteiger partial charge in [0.1, 0.15) is 11.4 Å². The summed E-state index contributed by atoms with van der Waals surface area (Å²) in [6.45, 7) is 6.45. The molecule has 0 aliphatic carbocycles. The van der Waals surface area contributed by atoms with Crippen molar-refractivity contribution in [3.8, 4) is 21.0 Å². The summed E-state index contributed by atoms with van der Waals surface area (Å²) in [5.74, 6) is -0.214. The molecule has 5 nitrogen and oxygen atoms in total. The Labute approximate surface area is 187 Å². The minimum absolute atomic E-state index is 0.134. The maximum atomic E-state index is 11.9. The molecule has 0 amide bonds. The van der Waals surface area contributed by atoms with Gasteiger partial charge in [-0.15, -0.1) is 34.0 Å². The molecule has 8 heteroatoms. The number of nitrogens with zero attached hydrogens (tertiary/aromatic N) is 2. The molecule has 30 heavy (non-hydrogen) atoms. The number of aromatic nitrogens is 2. The molecule has 4 heterocycles. The second-order valence-electron chi connectivity index (χ2n) is 7.33. The molecular formula is C22H21N3O2S3. The Morgan fingerprint density at radius 1 is 1.20 bits per heavy atom. The molecule has 0 saturated carbocycles. The van der Waals surface area contributed by atoms with E-state index >= 15 is 0 Å². The number of anilines is 2. The third-order valence-electron chi connectivity index (χ3n) is 4.41. The number of nitrogens with one attached hydrogen (secondary N) is 1. The lowest BCUT2D eigenvalue weighted by atomic mass is 10.1. The molecule has 0 aromatic carbocycles. The molecule has 0 unspecified atom stereocenters. The molecule has 0 saturated heterocycles. The highest BCUT2D eigenvalue weighted by Crippen LogP contribution is 2.38. The molecule has 0 spiro atoms. The van der Waals surface area contributed by atoms with Gasteiger partial charge in [-0.25, -0.2) is 14.8 Å². The number of carboxylic acids is 1. The molecule has 0 bridgehead atoms. The topological polar surface area (TPSA) is 75.1 Å². The normalized spacial score (nSPS) is 11.2. The molecular weight excluding hydrogens is 434 g/mol. The average molecular weight is 456 g/mol. The lowest BCUT2D eigenvalue weighted by molar-refractivity contribution is 0.0697. The largest absolute Gasteiger partial charge is 0.478 e. The first-order chi connectivity index (χ1) is 14.4. The summed E-state index contributed by atoms with van der Waals surface area (Å²) < 4.78 is 0. The minimum atomic E-state index is -1.02. The van der Waals surface area contributed by atoms with Gasteiger partial charge in [0, 0.05) is 26.4 Å². The van der Waals surface area contributed by atoms with E-state index in [9.17, 15) is 9.90 Å². The molecule has 4 rings (SSSR count). The van der Waals surface area contributed by atoms with E-state index in [-0.39, 0.29) is 5.56 Å². The smallest absolute Gasteiger partial charge is 0.339 e. The van der Waals surface area contributed by atoms with Gasteiger partial charge in [0.05, 0.1) is 10.6 Å². The Kier molecular flexibility index (Phi) is 5.99. The lowest BCUT2D eigenvalue weighted by Gasteiger charge is -2.07. The first-order valence-corrected chi connectivity index (χ1v) is 12.0. The number of aromatic carboxylic acids is 1. The number of carboxylic acid groups (broad SMARTS) is 1. The molecule has 0 atom stereocenters. The molecule has 0 aliphatic rings. The SMILES string of the molecule is Cc1ccc(-c2nc(Nc3ncc(-c4cccs4)cc3C(=O)O)sc2CC(C)C)s1. The fraction of sp³-hybridized carbons (Fsp3) is 0.227. The van der Waals surface area contributed by atoms with Crippen LogP contribution in [0.15, 0.2) is 41.9 Å². The Balaban J connectivity index is 1.70. The Hall–Kier alpha value is -2.55. The summed E-state index contributed by atoms with van der Waals surface area (Å²) in [6, 6.07) is 9.75. The van der Waals surface area contributed by atoms with Crippen LogP contribution in [-0.4, -0.2) is 21.0 Å². The number of thiophene rings is 2. The predicted octanol–water partition coefficient (Wildman–Crippen LogP) is 6.94. The van der Waals surface area contributed by atoms with E-state index in [0.29, 0.717) is 16.9 Å². The maximum absolute atomic E-state index is 11.9. The number of hydrogen-bond acceptors (Lipinski definition) is 7. The summed E-state index contributed by atoms with van der Waals surface area (Å²) in [6.07, 6.45) is 2.62. The predicted molar refractivity (Wildman–Crippen MR) is 126 cm³/mol. The second kappa shape index (κ2) is 8.67. The van der Waals surface area contributed by atoms with Crippen LogP contribution in [0.4, 0.5) is 10.9 Å². The Morgan fingerprint density at radius 2 is 2.03 bits per heavy atom.